The Labute approximate surface area is 236 Å². The van der Waals surface area contributed by atoms with Crippen LogP contribution < -0.4 is 20.7 Å². The first-order valence-corrected chi connectivity index (χ1v) is 21.4. The Morgan fingerprint density at radius 2 is 0.846 bits per heavy atom. The molecule has 3 atom stereocenters. The van der Waals surface area contributed by atoms with Gasteiger partial charge in [0.25, 0.3) is 0 Å². The summed E-state index contributed by atoms with van der Waals surface area (Å²) in [5.41, 5.74) is 0.436. The van der Waals surface area contributed by atoms with Crippen molar-refractivity contribution in [3.8, 4) is 0 Å². The summed E-state index contributed by atoms with van der Waals surface area (Å²) in [5, 5.41) is 5.22. The molecule has 0 saturated heterocycles. The minimum absolute atomic E-state index is 0.436. The Balaban J connectivity index is 1.50. The van der Waals surface area contributed by atoms with E-state index in [4.69, 9.17) is 8.23 Å². The van der Waals surface area contributed by atoms with Gasteiger partial charge in [-0.25, -0.2) is 0 Å². The monoisotopic (exact) mass is 562 g/mol. The first kappa shape index (κ1) is 26.4. The second kappa shape index (κ2) is 10.6. The summed E-state index contributed by atoms with van der Waals surface area (Å²) in [7, 11) is -8.00. The zero-order valence-corrected chi connectivity index (χ0v) is 26.2. The van der Waals surface area contributed by atoms with Gasteiger partial charge >= 0.3 is 8.56 Å². The molecule has 0 heterocycles. The highest BCUT2D eigenvalue weighted by molar-refractivity contribution is 7.05. The molecule has 1 saturated carbocycles. The maximum Gasteiger partial charge on any atom is 0.319 e. The third kappa shape index (κ3) is 4.98. The van der Waals surface area contributed by atoms with E-state index in [9.17, 15) is 0 Å². The van der Waals surface area contributed by atoms with Crippen molar-refractivity contribution in [3.05, 3.63) is 133 Å². The van der Waals surface area contributed by atoms with Gasteiger partial charge in [-0.1, -0.05) is 133 Å². The van der Waals surface area contributed by atoms with Crippen LogP contribution in [0.2, 0.25) is 25.2 Å². The standard InChI is InChI=1S/C34H38O2Si3/c1-37(30-16-8-4-9-17-30,31-18-10-5-11-19-31)35-39(3,34-27-28-24-25-29(34)26-28)36-38(2,32-20-12-6-13-21-32)33-22-14-7-15-23-33/h4-25,28-29,34H,26-27H2,1-3H3. The molecule has 0 N–H and O–H groups in total. The first-order valence-electron chi connectivity index (χ1n) is 14.2. The second-order valence-corrected chi connectivity index (χ2v) is 22.5. The molecule has 1 fully saturated rings. The van der Waals surface area contributed by atoms with E-state index in [1.807, 2.05) is 0 Å². The molecule has 6 rings (SSSR count). The van der Waals surface area contributed by atoms with E-state index in [0.717, 1.165) is 0 Å². The number of hydrogen-bond donors (Lipinski definition) is 0. The van der Waals surface area contributed by atoms with Gasteiger partial charge in [-0.05, 0) is 65.1 Å². The number of benzene rings is 4. The lowest BCUT2D eigenvalue weighted by Gasteiger charge is -2.47. The van der Waals surface area contributed by atoms with E-state index in [0.29, 0.717) is 17.4 Å². The summed E-state index contributed by atoms with van der Waals surface area (Å²) >= 11 is 0. The minimum atomic E-state index is -2.80. The van der Waals surface area contributed by atoms with Crippen molar-refractivity contribution < 1.29 is 8.23 Å². The van der Waals surface area contributed by atoms with Crippen molar-refractivity contribution >= 4 is 45.9 Å². The summed E-state index contributed by atoms with van der Waals surface area (Å²) in [6.07, 6.45) is 7.31. The zero-order chi connectivity index (χ0) is 26.9. The molecule has 0 radical (unpaired) electrons. The predicted octanol–water partition coefficient (Wildman–Crippen LogP) is 5.84. The summed E-state index contributed by atoms with van der Waals surface area (Å²) < 4.78 is 15.7. The Morgan fingerprint density at radius 1 is 0.487 bits per heavy atom. The Kier molecular flexibility index (Phi) is 7.20. The fourth-order valence-electron chi connectivity index (χ4n) is 6.96. The van der Waals surface area contributed by atoms with Crippen LogP contribution in [0.25, 0.3) is 0 Å². The molecule has 4 aromatic rings. The molecule has 39 heavy (non-hydrogen) atoms. The molecule has 2 nitrogen and oxygen atoms in total. The number of allylic oxidation sites excluding steroid dienone is 2. The van der Waals surface area contributed by atoms with Gasteiger partial charge in [0.05, 0.1) is 0 Å². The lowest BCUT2D eigenvalue weighted by Crippen LogP contribution is -2.71. The van der Waals surface area contributed by atoms with Crippen LogP contribution in [0, 0.1) is 11.8 Å². The maximum absolute atomic E-state index is 7.83. The van der Waals surface area contributed by atoms with Crippen LogP contribution >= 0.6 is 0 Å². The van der Waals surface area contributed by atoms with Crippen LogP contribution in [-0.2, 0) is 8.23 Å². The third-order valence-electron chi connectivity index (χ3n) is 9.06. The van der Waals surface area contributed by atoms with Crippen molar-refractivity contribution in [2.24, 2.45) is 11.8 Å². The molecule has 2 aliphatic carbocycles. The van der Waals surface area contributed by atoms with Crippen LogP contribution in [0.1, 0.15) is 12.8 Å². The normalized spacial score (nSPS) is 20.8. The Morgan fingerprint density at radius 3 is 1.13 bits per heavy atom. The van der Waals surface area contributed by atoms with Gasteiger partial charge in [-0.2, -0.15) is 0 Å². The van der Waals surface area contributed by atoms with Crippen molar-refractivity contribution in [1.29, 1.82) is 0 Å². The molecular formula is C34H38O2Si3. The van der Waals surface area contributed by atoms with Crippen LogP contribution in [-0.4, -0.2) is 25.2 Å². The highest BCUT2D eigenvalue weighted by Gasteiger charge is 2.57. The lowest BCUT2D eigenvalue weighted by atomic mass is 10.1. The average Bonchev–Trinajstić information content (AvgIpc) is 3.64. The van der Waals surface area contributed by atoms with E-state index in [2.05, 4.69) is 153 Å². The fourth-order valence-corrected chi connectivity index (χ4v) is 22.8. The highest BCUT2D eigenvalue weighted by atomic mass is 28.5. The molecule has 0 aromatic heterocycles. The van der Waals surface area contributed by atoms with E-state index < -0.39 is 25.2 Å². The molecule has 0 aliphatic heterocycles. The molecule has 3 unspecified atom stereocenters. The molecule has 4 aromatic carbocycles. The van der Waals surface area contributed by atoms with Gasteiger partial charge in [0.1, 0.15) is 0 Å². The fraction of sp³-hybridized carbons (Fsp3) is 0.235. The van der Waals surface area contributed by atoms with Gasteiger partial charge in [0.15, 0.2) is 0 Å². The van der Waals surface area contributed by atoms with Gasteiger partial charge in [-0.3, -0.25) is 0 Å². The second-order valence-electron chi connectivity index (χ2n) is 11.6. The van der Waals surface area contributed by atoms with E-state index in [1.165, 1.54) is 33.6 Å². The van der Waals surface area contributed by atoms with Crippen molar-refractivity contribution in [3.63, 3.8) is 0 Å². The SMILES string of the molecule is C[Si](O[Si](C)(O[Si](C)(c1ccccc1)c1ccccc1)C1CC2C=CC1C2)(c1ccccc1)c1ccccc1. The largest absolute Gasteiger partial charge is 0.429 e. The topological polar surface area (TPSA) is 18.5 Å². The molecule has 2 bridgehead atoms. The molecule has 2 aliphatic rings. The predicted molar refractivity (Wildman–Crippen MR) is 170 cm³/mol. The van der Waals surface area contributed by atoms with E-state index in [1.54, 1.807) is 0 Å². The van der Waals surface area contributed by atoms with Gasteiger partial charge < -0.3 is 8.23 Å². The quantitative estimate of drug-likeness (QED) is 0.189. The molecule has 0 spiro atoms. The molecule has 0 amide bonds. The van der Waals surface area contributed by atoms with E-state index >= 15 is 0 Å². The van der Waals surface area contributed by atoms with Crippen molar-refractivity contribution in [1.82, 2.24) is 0 Å². The lowest BCUT2D eigenvalue weighted by molar-refractivity contribution is 0.358. The number of fused-ring (bicyclic) bond motifs is 2. The highest BCUT2D eigenvalue weighted by Crippen LogP contribution is 2.53. The van der Waals surface area contributed by atoms with Crippen molar-refractivity contribution in [2.45, 2.75) is 38.0 Å². The zero-order valence-electron chi connectivity index (χ0n) is 23.2. The summed E-state index contributed by atoms with van der Waals surface area (Å²) in [6, 6.07) is 43.7. The average molecular weight is 563 g/mol. The number of rotatable bonds is 9. The van der Waals surface area contributed by atoms with Crippen LogP contribution in [0.15, 0.2) is 133 Å². The summed E-state index contributed by atoms with van der Waals surface area (Å²) in [5.74, 6) is 1.20. The Hall–Kier alpha value is -2.81. The molecule has 5 heteroatoms. The van der Waals surface area contributed by atoms with Crippen LogP contribution in [0.5, 0.6) is 0 Å². The summed E-state index contributed by atoms with van der Waals surface area (Å²) in [4.78, 5) is 0. The Bertz CT molecular complexity index is 1240. The van der Waals surface area contributed by atoms with Gasteiger partial charge in [0.2, 0.25) is 16.6 Å². The smallest absolute Gasteiger partial charge is 0.319 e. The molecular weight excluding hydrogens is 525 g/mol. The minimum Gasteiger partial charge on any atom is -0.429 e. The third-order valence-corrected chi connectivity index (χ3v) is 23.3. The summed E-state index contributed by atoms with van der Waals surface area (Å²) in [6.45, 7) is 7.18. The van der Waals surface area contributed by atoms with Crippen LogP contribution in [0.3, 0.4) is 0 Å². The van der Waals surface area contributed by atoms with Crippen molar-refractivity contribution in [2.75, 3.05) is 0 Å². The molecule has 198 valence electrons. The van der Waals surface area contributed by atoms with Gasteiger partial charge in [-0.15, -0.1) is 0 Å². The maximum atomic E-state index is 7.83. The van der Waals surface area contributed by atoms with E-state index in [-0.39, 0.29) is 0 Å². The van der Waals surface area contributed by atoms with Gasteiger partial charge in [0, 0.05) is 5.54 Å². The number of hydrogen-bond acceptors (Lipinski definition) is 2. The first-order chi connectivity index (χ1) is 18.9. The van der Waals surface area contributed by atoms with Crippen LogP contribution in [0.4, 0.5) is 0 Å².